The average Bonchev–Trinajstić information content (AvgIpc) is 3.13. The molecule has 1 N–H and O–H groups in total. The lowest BCUT2D eigenvalue weighted by atomic mass is 10.2. The van der Waals surface area contributed by atoms with E-state index < -0.39 is 0 Å². The molecule has 0 saturated heterocycles. The summed E-state index contributed by atoms with van der Waals surface area (Å²) in [5.41, 5.74) is 0.746. The van der Waals surface area contributed by atoms with Crippen LogP contribution in [0.2, 0.25) is 5.02 Å². The molecule has 1 unspecified atom stereocenters. The molecular formula is C18H17BrClN5O2. The lowest BCUT2D eigenvalue weighted by Gasteiger charge is -2.20. The van der Waals surface area contributed by atoms with Crippen molar-refractivity contribution in [2.24, 2.45) is 0 Å². The number of carbonyl (C=O) groups excluding carboxylic acids is 1. The molecule has 7 nitrogen and oxygen atoms in total. The summed E-state index contributed by atoms with van der Waals surface area (Å²) >= 11 is 9.30. The zero-order chi connectivity index (χ0) is 19.4. The average molecular weight is 451 g/mol. The molecule has 3 aromatic rings. The smallest absolute Gasteiger partial charge is 0.247 e. The number of aromatic nitrogens is 3. The molecule has 0 aliphatic rings. The van der Waals surface area contributed by atoms with Gasteiger partial charge in [-0.3, -0.25) is 9.69 Å². The number of pyridine rings is 1. The second-order valence-electron chi connectivity index (χ2n) is 5.96. The normalized spacial score (nSPS) is 12.2. The Labute approximate surface area is 169 Å². The monoisotopic (exact) mass is 449 g/mol. The van der Waals surface area contributed by atoms with Gasteiger partial charge in [0.2, 0.25) is 17.7 Å². The van der Waals surface area contributed by atoms with Crippen LogP contribution in [0.1, 0.15) is 18.9 Å². The molecule has 0 radical (unpaired) electrons. The first-order valence-corrected chi connectivity index (χ1v) is 9.30. The largest absolute Gasteiger partial charge is 0.419 e. The van der Waals surface area contributed by atoms with Crippen molar-refractivity contribution in [2.45, 2.75) is 13.0 Å². The lowest BCUT2D eigenvalue weighted by molar-refractivity contribution is -0.117. The van der Waals surface area contributed by atoms with Gasteiger partial charge in [0.25, 0.3) is 0 Å². The SMILES string of the molecule is CC(c1nnc(-c2cccc(Cl)c2)o1)N(C)CC(=O)Nc1ccc(Br)cn1. The maximum Gasteiger partial charge on any atom is 0.247 e. The predicted octanol–water partition coefficient (Wildman–Crippen LogP) is 4.18. The number of hydrogen-bond acceptors (Lipinski definition) is 6. The predicted molar refractivity (Wildman–Crippen MR) is 106 cm³/mol. The lowest BCUT2D eigenvalue weighted by Crippen LogP contribution is -2.32. The highest BCUT2D eigenvalue weighted by molar-refractivity contribution is 9.10. The van der Waals surface area contributed by atoms with Gasteiger partial charge >= 0.3 is 0 Å². The van der Waals surface area contributed by atoms with Crippen molar-refractivity contribution in [1.82, 2.24) is 20.1 Å². The summed E-state index contributed by atoms with van der Waals surface area (Å²) in [6.07, 6.45) is 1.62. The molecule has 1 amide bonds. The van der Waals surface area contributed by atoms with Crippen LogP contribution in [-0.4, -0.2) is 39.6 Å². The summed E-state index contributed by atoms with van der Waals surface area (Å²) in [4.78, 5) is 18.2. The molecule has 0 bridgehead atoms. The van der Waals surface area contributed by atoms with E-state index in [4.69, 9.17) is 16.0 Å². The van der Waals surface area contributed by atoms with Crippen LogP contribution in [0.25, 0.3) is 11.5 Å². The van der Waals surface area contributed by atoms with E-state index in [-0.39, 0.29) is 18.5 Å². The van der Waals surface area contributed by atoms with Gasteiger partial charge in [0.1, 0.15) is 5.82 Å². The molecule has 0 aliphatic carbocycles. The van der Waals surface area contributed by atoms with E-state index in [1.165, 1.54) is 0 Å². The van der Waals surface area contributed by atoms with Crippen LogP contribution in [0.5, 0.6) is 0 Å². The van der Waals surface area contributed by atoms with Gasteiger partial charge < -0.3 is 9.73 Å². The van der Waals surface area contributed by atoms with E-state index in [1.807, 2.05) is 37.1 Å². The number of benzene rings is 1. The molecule has 0 aliphatic heterocycles. The third kappa shape index (κ3) is 5.12. The summed E-state index contributed by atoms with van der Waals surface area (Å²) in [6, 6.07) is 10.5. The topological polar surface area (TPSA) is 84.2 Å². The number of halogens is 2. The van der Waals surface area contributed by atoms with Crippen LogP contribution >= 0.6 is 27.5 Å². The number of nitrogens with zero attached hydrogens (tertiary/aromatic N) is 4. The Bertz CT molecular complexity index is 932. The van der Waals surface area contributed by atoms with E-state index in [1.54, 1.807) is 24.4 Å². The molecule has 1 atom stereocenters. The zero-order valence-electron chi connectivity index (χ0n) is 14.7. The molecular weight excluding hydrogens is 434 g/mol. The maximum absolute atomic E-state index is 12.2. The minimum atomic E-state index is -0.242. The summed E-state index contributed by atoms with van der Waals surface area (Å²) in [6.45, 7) is 2.04. The van der Waals surface area contributed by atoms with Crippen molar-refractivity contribution in [1.29, 1.82) is 0 Å². The number of rotatable bonds is 6. The molecule has 27 heavy (non-hydrogen) atoms. The molecule has 9 heteroatoms. The zero-order valence-corrected chi connectivity index (χ0v) is 17.0. The highest BCUT2D eigenvalue weighted by atomic mass is 79.9. The van der Waals surface area contributed by atoms with Gasteiger partial charge in [-0.05, 0) is 60.2 Å². The van der Waals surface area contributed by atoms with Crippen LogP contribution in [0.15, 0.2) is 51.5 Å². The van der Waals surface area contributed by atoms with Crippen molar-refractivity contribution >= 4 is 39.3 Å². The molecule has 0 saturated carbocycles. The number of carbonyl (C=O) groups is 1. The van der Waals surface area contributed by atoms with Crippen molar-refractivity contribution in [2.75, 3.05) is 18.9 Å². The number of hydrogen-bond donors (Lipinski definition) is 1. The Hall–Kier alpha value is -2.29. The Kier molecular flexibility index (Phi) is 6.20. The van der Waals surface area contributed by atoms with Gasteiger partial charge in [0.15, 0.2) is 0 Å². The van der Waals surface area contributed by atoms with Crippen LogP contribution in [0, 0.1) is 0 Å². The number of nitrogens with one attached hydrogen (secondary N) is 1. The van der Waals surface area contributed by atoms with Gasteiger partial charge in [0, 0.05) is 21.3 Å². The molecule has 2 aromatic heterocycles. The van der Waals surface area contributed by atoms with Crippen molar-refractivity contribution in [3.05, 3.63) is 58.0 Å². The first kappa shape index (κ1) is 19.5. The van der Waals surface area contributed by atoms with E-state index in [0.717, 1.165) is 10.0 Å². The van der Waals surface area contributed by atoms with Gasteiger partial charge in [-0.25, -0.2) is 4.98 Å². The highest BCUT2D eigenvalue weighted by Gasteiger charge is 2.21. The molecule has 0 spiro atoms. The van der Waals surface area contributed by atoms with Crippen molar-refractivity contribution < 1.29 is 9.21 Å². The maximum atomic E-state index is 12.2. The fraction of sp³-hybridized carbons (Fsp3) is 0.222. The first-order chi connectivity index (χ1) is 12.9. The van der Waals surface area contributed by atoms with Crippen LogP contribution in [-0.2, 0) is 4.79 Å². The summed E-state index contributed by atoms with van der Waals surface area (Å²) in [7, 11) is 1.81. The van der Waals surface area contributed by atoms with E-state index in [0.29, 0.717) is 22.6 Å². The Morgan fingerprint density at radius 2 is 2.15 bits per heavy atom. The second kappa shape index (κ2) is 8.60. The van der Waals surface area contributed by atoms with Crippen LogP contribution in [0.3, 0.4) is 0 Å². The minimum Gasteiger partial charge on any atom is -0.419 e. The fourth-order valence-electron chi connectivity index (χ4n) is 2.33. The quantitative estimate of drug-likeness (QED) is 0.606. The molecule has 0 fully saturated rings. The molecule has 3 rings (SSSR count). The molecule has 2 heterocycles. The van der Waals surface area contributed by atoms with Gasteiger partial charge in [-0.15, -0.1) is 10.2 Å². The third-order valence-corrected chi connectivity index (χ3v) is 4.62. The van der Waals surface area contributed by atoms with Crippen LogP contribution in [0.4, 0.5) is 5.82 Å². The number of likely N-dealkylation sites (N-methyl/N-ethyl adjacent to an activating group) is 1. The Balaban J connectivity index is 1.62. The van der Waals surface area contributed by atoms with E-state index >= 15 is 0 Å². The first-order valence-electron chi connectivity index (χ1n) is 8.13. The third-order valence-electron chi connectivity index (χ3n) is 3.92. The molecule has 140 valence electrons. The number of amides is 1. The number of anilines is 1. The standard InChI is InChI=1S/C18H17BrClN5O2/c1-11(17-23-24-18(27-17)12-4-3-5-14(20)8-12)25(2)10-16(26)22-15-7-6-13(19)9-21-15/h3-9,11H,10H2,1-2H3,(H,21,22,26). The van der Waals surface area contributed by atoms with Crippen molar-refractivity contribution in [3.63, 3.8) is 0 Å². The fourth-order valence-corrected chi connectivity index (χ4v) is 2.75. The van der Waals surface area contributed by atoms with E-state index in [2.05, 4.69) is 36.4 Å². The minimum absolute atomic E-state index is 0.147. The van der Waals surface area contributed by atoms with Crippen LogP contribution < -0.4 is 5.32 Å². The second-order valence-corrected chi connectivity index (χ2v) is 7.31. The summed E-state index contributed by atoms with van der Waals surface area (Å²) in [5.74, 6) is 1.11. The Morgan fingerprint density at radius 3 is 2.85 bits per heavy atom. The van der Waals surface area contributed by atoms with Gasteiger partial charge in [-0.1, -0.05) is 17.7 Å². The van der Waals surface area contributed by atoms with E-state index in [9.17, 15) is 4.79 Å². The van der Waals surface area contributed by atoms with Gasteiger partial charge in [0.05, 0.1) is 12.6 Å². The molecule has 1 aromatic carbocycles. The summed E-state index contributed by atoms with van der Waals surface area (Å²) in [5, 5.41) is 11.5. The highest BCUT2D eigenvalue weighted by Crippen LogP contribution is 2.25. The Morgan fingerprint density at radius 1 is 1.33 bits per heavy atom. The summed E-state index contributed by atoms with van der Waals surface area (Å²) < 4.78 is 6.59. The van der Waals surface area contributed by atoms with Gasteiger partial charge in [-0.2, -0.15) is 0 Å². The van der Waals surface area contributed by atoms with Crippen molar-refractivity contribution in [3.8, 4) is 11.5 Å².